The van der Waals surface area contributed by atoms with E-state index in [0.29, 0.717) is 22.9 Å². The van der Waals surface area contributed by atoms with Crippen LogP contribution >= 0.6 is 0 Å². The zero-order chi connectivity index (χ0) is 25.1. The molecule has 182 valence electrons. The zero-order valence-electron chi connectivity index (χ0n) is 20.1. The number of hydrogen-bond acceptors (Lipinski definition) is 5. The van der Waals surface area contributed by atoms with Gasteiger partial charge in [-0.05, 0) is 53.1 Å². The molecule has 0 aliphatic heterocycles. The first-order chi connectivity index (χ1) is 17.5. The first-order valence-corrected chi connectivity index (χ1v) is 13.2. The molecule has 0 bridgehead atoms. The molecule has 3 aromatic carbocycles. The summed E-state index contributed by atoms with van der Waals surface area (Å²) < 4.78 is 39.1. The van der Waals surface area contributed by atoms with Crippen molar-refractivity contribution in [3.05, 3.63) is 108 Å². The second-order valence-corrected chi connectivity index (χ2v) is 10.4. The summed E-state index contributed by atoms with van der Waals surface area (Å²) in [6.45, 7) is 0.487. The Kier molecular flexibility index (Phi) is 6.48. The minimum Gasteiger partial charge on any atom is -0.493 e. The van der Waals surface area contributed by atoms with Crippen molar-refractivity contribution in [3.8, 4) is 22.6 Å². The van der Waals surface area contributed by atoms with Crippen LogP contribution < -0.4 is 9.47 Å². The van der Waals surface area contributed by atoms with Crippen molar-refractivity contribution >= 4 is 20.9 Å². The van der Waals surface area contributed by atoms with Gasteiger partial charge in [0.1, 0.15) is 5.65 Å². The van der Waals surface area contributed by atoms with Crippen molar-refractivity contribution in [2.45, 2.75) is 17.2 Å². The highest BCUT2D eigenvalue weighted by Crippen LogP contribution is 2.36. The summed E-state index contributed by atoms with van der Waals surface area (Å²) in [5, 5.41) is 0.999. The molecule has 36 heavy (non-hydrogen) atoms. The van der Waals surface area contributed by atoms with Crippen LogP contribution in [-0.2, 0) is 22.1 Å². The highest BCUT2D eigenvalue weighted by molar-refractivity contribution is 7.90. The normalized spacial score (nSPS) is 11.5. The number of sulfone groups is 1. The summed E-state index contributed by atoms with van der Waals surface area (Å²) in [4.78, 5) is 4.96. The molecular weight excluding hydrogens is 472 g/mol. The molecule has 7 heteroatoms. The lowest BCUT2D eigenvalue weighted by atomic mass is 10.1. The van der Waals surface area contributed by atoms with Gasteiger partial charge >= 0.3 is 0 Å². The van der Waals surface area contributed by atoms with Crippen LogP contribution in [0.5, 0.6) is 11.5 Å². The van der Waals surface area contributed by atoms with Crippen LogP contribution in [0.4, 0.5) is 0 Å². The lowest BCUT2D eigenvalue weighted by molar-refractivity contribution is 0.355. The first kappa shape index (κ1) is 23.6. The van der Waals surface area contributed by atoms with Crippen molar-refractivity contribution in [3.63, 3.8) is 0 Å². The highest BCUT2D eigenvalue weighted by atomic mass is 32.2. The third-order valence-corrected chi connectivity index (χ3v) is 7.92. The minimum atomic E-state index is -3.47. The van der Waals surface area contributed by atoms with Crippen molar-refractivity contribution in [2.75, 3.05) is 14.2 Å². The van der Waals surface area contributed by atoms with Gasteiger partial charge in [-0.2, -0.15) is 0 Å². The molecule has 0 saturated heterocycles. The number of pyridine rings is 1. The van der Waals surface area contributed by atoms with Gasteiger partial charge in [0, 0.05) is 29.9 Å². The summed E-state index contributed by atoms with van der Waals surface area (Å²) in [7, 11) is -0.242. The number of nitrogens with zero attached hydrogens (tertiary/aromatic N) is 2. The molecule has 5 rings (SSSR count). The number of rotatable bonds is 8. The largest absolute Gasteiger partial charge is 0.493 e. The summed E-state index contributed by atoms with van der Waals surface area (Å²) in [5.41, 5.74) is 4.51. The zero-order valence-corrected chi connectivity index (χ0v) is 20.9. The molecule has 2 aromatic heterocycles. The van der Waals surface area contributed by atoms with Gasteiger partial charge in [-0.25, -0.2) is 13.4 Å². The Balaban J connectivity index is 1.54. The maximum absolute atomic E-state index is 13.1. The van der Waals surface area contributed by atoms with Crippen molar-refractivity contribution < 1.29 is 17.9 Å². The SMILES string of the molecule is COc1ccc(-c2cn(Cc3ccccc3CS(=O)(=O)c3ccccc3)c3ncccc23)cc1OC. The van der Waals surface area contributed by atoms with Gasteiger partial charge in [0.15, 0.2) is 21.3 Å². The van der Waals surface area contributed by atoms with Gasteiger partial charge in [-0.1, -0.05) is 48.5 Å². The van der Waals surface area contributed by atoms with Crippen LogP contribution in [0.15, 0.2) is 102 Å². The summed E-state index contributed by atoms with van der Waals surface area (Å²) in [5.74, 6) is 1.25. The van der Waals surface area contributed by atoms with E-state index >= 15 is 0 Å². The monoisotopic (exact) mass is 498 g/mol. The molecule has 0 saturated carbocycles. The molecule has 5 aromatic rings. The Morgan fingerprint density at radius 1 is 0.806 bits per heavy atom. The molecule has 0 fully saturated rings. The molecular formula is C29H26N2O4S. The predicted molar refractivity (Wildman–Crippen MR) is 141 cm³/mol. The van der Waals surface area contributed by atoms with Gasteiger partial charge in [-0.15, -0.1) is 0 Å². The summed E-state index contributed by atoms with van der Waals surface area (Å²) in [6.07, 6.45) is 3.82. The molecule has 0 radical (unpaired) electrons. The maximum Gasteiger partial charge on any atom is 0.182 e. The van der Waals surface area contributed by atoms with Crippen molar-refractivity contribution in [1.82, 2.24) is 9.55 Å². The van der Waals surface area contributed by atoms with Crippen LogP contribution in [0.3, 0.4) is 0 Å². The highest BCUT2D eigenvalue weighted by Gasteiger charge is 2.19. The van der Waals surface area contributed by atoms with Gasteiger partial charge in [0.05, 0.1) is 24.9 Å². The molecule has 0 N–H and O–H groups in total. The fourth-order valence-corrected chi connectivity index (χ4v) is 5.86. The van der Waals surface area contributed by atoms with E-state index in [0.717, 1.165) is 33.3 Å². The van der Waals surface area contributed by atoms with Gasteiger partial charge in [0.2, 0.25) is 0 Å². The van der Waals surface area contributed by atoms with Gasteiger partial charge in [0.25, 0.3) is 0 Å². The summed E-state index contributed by atoms with van der Waals surface area (Å²) in [6, 6.07) is 26.0. The molecule has 6 nitrogen and oxygen atoms in total. The topological polar surface area (TPSA) is 70.4 Å². The molecule has 2 heterocycles. The van der Waals surface area contributed by atoms with E-state index in [4.69, 9.17) is 9.47 Å². The molecule has 0 aliphatic rings. The Bertz CT molecular complexity index is 1630. The molecule has 0 amide bonds. The number of benzene rings is 3. The van der Waals surface area contributed by atoms with E-state index in [9.17, 15) is 8.42 Å². The maximum atomic E-state index is 13.1. The van der Waals surface area contributed by atoms with Gasteiger partial charge in [-0.3, -0.25) is 0 Å². The Labute approximate surface area is 210 Å². The van der Waals surface area contributed by atoms with Crippen LogP contribution in [0.2, 0.25) is 0 Å². The van der Waals surface area contributed by atoms with Gasteiger partial charge < -0.3 is 14.0 Å². The van der Waals surface area contributed by atoms with Crippen molar-refractivity contribution in [1.29, 1.82) is 0 Å². The number of ether oxygens (including phenoxy) is 2. The number of fused-ring (bicyclic) bond motifs is 1. The molecule has 0 aliphatic carbocycles. The van der Waals surface area contributed by atoms with Crippen LogP contribution in [0.1, 0.15) is 11.1 Å². The van der Waals surface area contributed by atoms with E-state index in [1.54, 1.807) is 44.7 Å². The third-order valence-electron chi connectivity index (χ3n) is 6.24. The first-order valence-electron chi connectivity index (χ1n) is 11.5. The van der Waals surface area contributed by atoms with Crippen molar-refractivity contribution in [2.24, 2.45) is 0 Å². The fourth-order valence-electron chi connectivity index (χ4n) is 4.43. The molecule has 0 spiro atoms. The lowest BCUT2D eigenvalue weighted by Crippen LogP contribution is -2.09. The summed E-state index contributed by atoms with van der Waals surface area (Å²) >= 11 is 0. The van der Waals surface area contributed by atoms with Crippen LogP contribution in [0.25, 0.3) is 22.2 Å². The van der Waals surface area contributed by atoms with E-state index < -0.39 is 9.84 Å². The smallest absolute Gasteiger partial charge is 0.182 e. The predicted octanol–water partition coefficient (Wildman–Crippen LogP) is 5.74. The molecule has 0 unspecified atom stereocenters. The fraction of sp³-hybridized carbons (Fsp3) is 0.138. The second-order valence-electron chi connectivity index (χ2n) is 8.46. The van der Waals surface area contributed by atoms with E-state index in [1.165, 1.54) is 0 Å². The Hall–Kier alpha value is -4.10. The Morgan fingerprint density at radius 3 is 2.28 bits per heavy atom. The quantitative estimate of drug-likeness (QED) is 0.273. The minimum absolute atomic E-state index is 0.0671. The molecule has 0 atom stereocenters. The Morgan fingerprint density at radius 2 is 1.53 bits per heavy atom. The standard InChI is InChI=1S/C29H26N2O4S/c1-34-27-15-14-21(17-28(27)35-2)26-19-31(29-25(26)13-8-16-30-29)18-22-9-6-7-10-23(22)20-36(32,33)24-11-4-3-5-12-24/h3-17,19H,18,20H2,1-2H3. The van der Waals surface area contributed by atoms with E-state index in [2.05, 4.69) is 15.7 Å². The van der Waals surface area contributed by atoms with E-state index in [1.807, 2.05) is 60.7 Å². The van der Waals surface area contributed by atoms with Crippen LogP contribution in [0, 0.1) is 0 Å². The number of aromatic nitrogens is 2. The lowest BCUT2D eigenvalue weighted by Gasteiger charge is -2.12. The van der Waals surface area contributed by atoms with E-state index in [-0.39, 0.29) is 5.75 Å². The number of methoxy groups -OCH3 is 2. The van der Waals surface area contributed by atoms with Crippen LogP contribution in [-0.4, -0.2) is 32.2 Å². The average molecular weight is 499 g/mol. The average Bonchev–Trinajstić information content (AvgIpc) is 3.28. The second kappa shape index (κ2) is 9.87. The number of hydrogen-bond donors (Lipinski definition) is 0. The third kappa shape index (κ3) is 4.57.